The van der Waals surface area contributed by atoms with Crippen molar-refractivity contribution in [3.05, 3.63) is 36.4 Å². The van der Waals surface area contributed by atoms with Crippen LogP contribution in [0.2, 0.25) is 0 Å². The monoisotopic (exact) mass is 720 g/mol. The molecule has 3 heterocycles. The normalized spacial score (nSPS) is 25.7. The summed E-state index contributed by atoms with van der Waals surface area (Å²) in [5.74, 6) is -4.50. The summed E-state index contributed by atoms with van der Waals surface area (Å²) in [6, 6.07) is 1.42. The predicted molar refractivity (Wildman–Crippen MR) is 165 cm³/mol. The molecule has 2 amide bonds. The van der Waals surface area contributed by atoms with Gasteiger partial charge in [-0.2, -0.15) is 8.61 Å². The molecule has 0 unspecified atom stereocenters. The number of sulfonamides is 2. The van der Waals surface area contributed by atoms with E-state index in [1.165, 1.54) is 52.3 Å². The number of nitrogens with zero attached hydrogens (tertiary/aromatic N) is 2. The van der Waals surface area contributed by atoms with E-state index in [0.29, 0.717) is 0 Å². The Hall–Kier alpha value is -3.30. The van der Waals surface area contributed by atoms with Crippen molar-refractivity contribution in [1.29, 1.82) is 0 Å². The molecule has 0 radical (unpaired) electrons. The van der Waals surface area contributed by atoms with Gasteiger partial charge in [0.2, 0.25) is 31.9 Å². The molecule has 0 saturated carbocycles. The highest BCUT2D eigenvalue weighted by Gasteiger charge is 2.64. The number of rotatable bonds is 8. The number of carbonyl (C=O) groups excluding carboxylic acids is 2. The molecule has 4 atom stereocenters. The number of ether oxygens (including phenoxy) is 2. The highest BCUT2D eigenvalue weighted by atomic mass is 32.2. The smallest absolute Gasteiger partial charge is 0.247 e. The first-order chi connectivity index (χ1) is 21.3. The minimum absolute atomic E-state index is 0.0745. The number of carbonyl (C=O) groups is 2. The van der Waals surface area contributed by atoms with Crippen LogP contribution < -0.4 is 20.1 Å². The number of anilines is 2. The lowest BCUT2D eigenvalue weighted by Crippen LogP contribution is -2.69. The van der Waals surface area contributed by atoms with Crippen molar-refractivity contribution in [2.24, 2.45) is 0 Å². The van der Waals surface area contributed by atoms with Crippen molar-refractivity contribution >= 4 is 62.9 Å². The van der Waals surface area contributed by atoms with Gasteiger partial charge in [0.15, 0.2) is 19.7 Å². The maximum Gasteiger partial charge on any atom is 0.247 e. The molecule has 2 N–H and O–H groups in total. The van der Waals surface area contributed by atoms with Crippen LogP contribution in [0.25, 0.3) is 0 Å². The molecule has 3 aliphatic rings. The number of hydrogen-bond donors (Lipinski definition) is 2. The number of benzene rings is 2. The zero-order valence-electron chi connectivity index (χ0n) is 25.0. The molecule has 3 saturated heterocycles. The second-order valence-electron chi connectivity index (χ2n) is 11.2. The number of hydrogen-bond acceptors (Lipinski definition) is 12. The summed E-state index contributed by atoms with van der Waals surface area (Å²) >= 11 is 0. The number of sulfone groups is 2. The summed E-state index contributed by atoms with van der Waals surface area (Å²) < 4.78 is 123. The largest absolute Gasteiger partial charge is 0.495 e. The maximum absolute atomic E-state index is 14.5. The Bertz CT molecular complexity index is 1870. The van der Waals surface area contributed by atoms with Crippen molar-refractivity contribution in [3.8, 4) is 11.5 Å². The molecular weight excluding hydrogens is 689 g/mol. The van der Waals surface area contributed by atoms with E-state index in [0.717, 1.165) is 20.7 Å². The van der Waals surface area contributed by atoms with Crippen LogP contribution in [0.4, 0.5) is 11.4 Å². The van der Waals surface area contributed by atoms with Gasteiger partial charge in [-0.05, 0) is 36.4 Å². The standard InChI is InChI=1S/C26H32N4O12S4/c1-15(31)27-17-5-7-23(41-3)25(9-17)45(37,38)29-19-11-43(33,34)13-21(19)30(22-14-44(35,36)12-20(22)29)46(39,40)26-10-18(28-16(2)32)6-8-24(26)42-4/h5-10,19-22H,11-14H2,1-4H3,(H,27,31)(H,28,32)/t19-,20-,21+,22+. The molecule has 5 rings (SSSR count). The lowest BCUT2D eigenvalue weighted by molar-refractivity contribution is -0.115. The third-order valence-corrected chi connectivity index (χ3v) is 15.3. The quantitative estimate of drug-likeness (QED) is 0.358. The lowest BCUT2D eigenvalue weighted by Gasteiger charge is -2.49. The Morgan fingerprint density at radius 1 is 0.652 bits per heavy atom. The topological polar surface area (TPSA) is 220 Å². The Morgan fingerprint density at radius 2 is 0.957 bits per heavy atom. The van der Waals surface area contributed by atoms with Gasteiger partial charge in [0.1, 0.15) is 21.3 Å². The summed E-state index contributed by atoms with van der Waals surface area (Å²) in [6.07, 6.45) is 0. The second kappa shape index (κ2) is 11.7. The lowest BCUT2D eigenvalue weighted by atomic mass is 10.0. The van der Waals surface area contributed by atoms with E-state index in [4.69, 9.17) is 9.47 Å². The second-order valence-corrected chi connectivity index (χ2v) is 19.1. The van der Waals surface area contributed by atoms with E-state index in [1.807, 2.05) is 0 Å². The molecule has 20 heteroatoms. The molecule has 0 bridgehead atoms. The van der Waals surface area contributed by atoms with Crippen molar-refractivity contribution in [3.63, 3.8) is 0 Å². The number of piperazine rings is 1. The van der Waals surface area contributed by atoms with Gasteiger partial charge in [-0.3, -0.25) is 9.59 Å². The fourth-order valence-electron chi connectivity index (χ4n) is 6.34. The molecule has 3 aliphatic heterocycles. The number of nitrogens with one attached hydrogen (secondary N) is 2. The van der Waals surface area contributed by atoms with Crippen LogP contribution in [0.15, 0.2) is 46.2 Å². The molecule has 0 aliphatic carbocycles. The van der Waals surface area contributed by atoms with Crippen LogP contribution in [0, 0.1) is 0 Å². The molecule has 3 fully saturated rings. The zero-order valence-corrected chi connectivity index (χ0v) is 28.3. The minimum atomic E-state index is -4.80. The van der Waals surface area contributed by atoms with E-state index in [-0.39, 0.29) is 22.9 Å². The summed E-state index contributed by atoms with van der Waals surface area (Å²) in [5, 5.41) is 4.94. The summed E-state index contributed by atoms with van der Waals surface area (Å²) in [4.78, 5) is 22.5. The van der Waals surface area contributed by atoms with Crippen LogP contribution in [0.1, 0.15) is 13.8 Å². The first-order valence-corrected chi connectivity index (χ1v) is 20.2. The van der Waals surface area contributed by atoms with Gasteiger partial charge in [0.05, 0.1) is 61.4 Å². The van der Waals surface area contributed by atoms with Gasteiger partial charge in [-0.15, -0.1) is 0 Å². The molecule has 2 aromatic rings. The SMILES string of the molecule is COc1ccc(NC(C)=O)cc1S(=O)(=O)N1[C@@H]2CS(=O)(=O)C[C@@H]2N(S(=O)(=O)c2cc(NC(C)=O)ccc2OC)[C@H]2CS(=O)(=O)C[C@H]21. The Kier molecular flexibility index (Phi) is 8.69. The fraction of sp³-hybridized carbons (Fsp3) is 0.462. The predicted octanol–water partition coefficient (Wildman–Crippen LogP) is -0.353. The first kappa shape index (κ1) is 34.0. The van der Waals surface area contributed by atoms with E-state index < -0.39 is 109 Å². The number of methoxy groups -OCH3 is 2. The van der Waals surface area contributed by atoms with E-state index >= 15 is 0 Å². The molecule has 252 valence electrons. The van der Waals surface area contributed by atoms with Crippen molar-refractivity contribution in [1.82, 2.24) is 8.61 Å². The summed E-state index contributed by atoms with van der Waals surface area (Å²) in [7, 11) is -15.3. The minimum Gasteiger partial charge on any atom is -0.495 e. The molecule has 0 aromatic heterocycles. The maximum atomic E-state index is 14.5. The zero-order chi connectivity index (χ0) is 34.0. The number of amides is 2. The van der Waals surface area contributed by atoms with Gasteiger partial charge in [-0.25, -0.2) is 33.7 Å². The third-order valence-electron chi connectivity index (χ3n) is 7.97. The molecule has 0 spiro atoms. The number of fused-ring (bicyclic) bond motifs is 2. The highest BCUT2D eigenvalue weighted by molar-refractivity contribution is 7.93. The van der Waals surface area contributed by atoms with E-state index in [1.54, 1.807) is 0 Å². The van der Waals surface area contributed by atoms with Crippen molar-refractivity contribution in [2.45, 2.75) is 47.8 Å². The molecule has 2 aromatic carbocycles. The Balaban J connectivity index is 1.72. The van der Waals surface area contributed by atoms with Crippen molar-refractivity contribution in [2.75, 3.05) is 47.9 Å². The Labute approximate surface area is 267 Å². The van der Waals surface area contributed by atoms with Crippen LogP contribution in [0.5, 0.6) is 11.5 Å². The Morgan fingerprint density at radius 3 is 1.22 bits per heavy atom. The summed E-state index contributed by atoms with van der Waals surface area (Å²) in [5.41, 5.74) is 0.149. The summed E-state index contributed by atoms with van der Waals surface area (Å²) in [6.45, 7) is 2.42. The molecule has 46 heavy (non-hydrogen) atoms. The fourth-order valence-corrected chi connectivity index (χ4v) is 14.7. The van der Waals surface area contributed by atoms with Crippen LogP contribution in [-0.4, -0.2) is 115 Å². The van der Waals surface area contributed by atoms with Gasteiger partial charge < -0.3 is 20.1 Å². The average molecular weight is 721 g/mol. The average Bonchev–Trinajstić information content (AvgIpc) is 3.42. The first-order valence-electron chi connectivity index (χ1n) is 13.7. The van der Waals surface area contributed by atoms with Gasteiger partial charge >= 0.3 is 0 Å². The van der Waals surface area contributed by atoms with Gasteiger partial charge in [0.25, 0.3) is 0 Å². The highest BCUT2D eigenvalue weighted by Crippen LogP contribution is 2.45. The van der Waals surface area contributed by atoms with E-state index in [9.17, 15) is 43.3 Å². The van der Waals surface area contributed by atoms with Gasteiger partial charge in [0, 0.05) is 25.2 Å². The van der Waals surface area contributed by atoms with Crippen LogP contribution in [-0.2, 0) is 49.3 Å². The van der Waals surface area contributed by atoms with Gasteiger partial charge in [-0.1, -0.05) is 0 Å². The molecule has 16 nitrogen and oxygen atoms in total. The van der Waals surface area contributed by atoms with Crippen LogP contribution in [0.3, 0.4) is 0 Å². The van der Waals surface area contributed by atoms with E-state index in [2.05, 4.69) is 10.6 Å². The molecular formula is C26H32N4O12S4. The van der Waals surface area contributed by atoms with Crippen molar-refractivity contribution < 1.29 is 52.7 Å². The van der Waals surface area contributed by atoms with Crippen LogP contribution >= 0.6 is 0 Å². The third kappa shape index (κ3) is 6.08.